The van der Waals surface area contributed by atoms with Gasteiger partial charge in [-0.25, -0.2) is 14.4 Å². The Balaban J connectivity index is 1.82. The second-order valence-electron chi connectivity index (χ2n) is 8.81. The van der Waals surface area contributed by atoms with Crippen LogP contribution in [0.4, 0.5) is 9.59 Å². The summed E-state index contributed by atoms with van der Waals surface area (Å²) in [7, 11) is 0. The molecule has 0 saturated carbocycles. The average Bonchev–Trinajstić information content (AvgIpc) is 2.76. The van der Waals surface area contributed by atoms with Gasteiger partial charge in [0.2, 0.25) is 0 Å². The Bertz CT molecular complexity index is 942. The van der Waals surface area contributed by atoms with Crippen LogP contribution in [0.1, 0.15) is 38.3 Å². The normalized spacial score (nSPS) is 18.1. The molecule has 1 fully saturated rings. The molecule has 0 radical (unpaired) electrons. The molecule has 33 heavy (non-hydrogen) atoms. The molecular weight excluding hydrogens is 424 g/mol. The van der Waals surface area contributed by atoms with Crippen molar-refractivity contribution in [1.29, 1.82) is 0 Å². The third-order valence-electron chi connectivity index (χ3n) is 4.97. The predicted octanol–water partition coefficient (Wildman–Crippen LogP) is 4.03. The molecule has 0 bridgehead atoms. The lowest BCUT2D eigenvalue weighted by Crippen LogP contribution is -2.60. The Kier molecular flexibility index (Phi) is 7.92. The Morgan fingerprint density at radius 1 is 1.03 bits per heavy atom. The van der Waals surface area contributed by atoms with Gasteiger partial charge in [-0.3, -0.25) is 4.90 Å². The molecule has 8 nitrogen and oxygen atoms in total. The van der Waals surface area contributed by atoms with E-state index < -0.39 is 35.8 Å². The van der Waals surface area contributed by atoms with Gasteiger partial charge in [-0.05, 0) is 31.9 Å². The van der Waals surface area contributed by atoms with Crippen molar-refractivity contribution < 1.29 is 28.6 Å². The third-order valence-corrected chi connectivity index (χ3v) is 4.97. The van der Waals surface area contributed by atoms with Crippen LogP contribution in [-0.4, -0.2) is 47.3 Å². The lowest BCUT2D eigenvalue weighted by molar-refractivity contribution is -0.156. The van der Waals surface area contributed by atoms with Crippen LogP contribution >= 0.6 is 0 Å². The van der Waals surface area contributed by atoms with Crippen LogP contribution in [-0.2, 0) is 32.2 Å². The number of nitrogens with zero attached hydrogens (tertiary/aromatic N) is 1. The van der Waals surface area contributed by atoms with Gasteiger partial charge < -0.3 is 19.5 Å². The van der Waals surface area contributed by atoms with Crippen molar-refractivity contribution in [2.75, 3.05) is 6.61 Å². The van der Waals surface area contributed by atoms with E-state index >= 15 is 0 Å². The molecule has 2 aromatic rings. The lowest BCUT2D eigenvalue weighted by atomic mass is 10.0. The first-order valence-corrected chi connectivity index (χ1v) is 10.9. The van der Waals surface area contributed by atoms with Gasteiger partial charge >= 0.3 is 18.2 Å². The number of hydrogen-bond acceptors (Lipinski definition) is 6. The van der Waals surface area contributed by atoms with Gasteiger partial charge in [0.05, 0.1) is 19.2 Å². The van der Waals surface area contributed by atoms with E-state index in [2.05, 4.69) is 5.32 Å². The van der Waals surface area contributed by atoms with Gasteiger partial charge in [-0.1, -0.05) is 60.7 Å². The van der Waals surface area contributed by atoms with E-state index in [9.17, 15) is 14.4 Å². The summed E-state index contributed by atoms with van der Waals surface area (Å²) in [6.07, 6.45) is -1.00. The first-order chi connectivity index (χ1) is 15.7. The molecule has 1 saturated heterocycles. The van der Waals surface area contributed by atoms with Crippen molar-refractivity contribution in [3.05, 3.63) is 71.8 Å². The van der Waals surface area contributed by atoms with Crippen LogP contribution in [0.15, 0.2) is 60.7 Å². The molecular formula is C25H30N2O6. The number of esters is 1. The van der Waals surface area contributed by atoms with Crippen molar-refractivity contribution in [1.82, 2.24) is 10.2 Å². The van der Waals surface area contributed by atoms with E-state index in [1.54, 1.807) is 20.8 Å². The highest BCUT2D eigenvalue weighted by molar-refractivity contribution is 5.84. The number of nitrogens with one attached hydrogen (secondary N) is 1. The van der Waals surface area contributed by atoms with Crippen molar-refractivity contribution >= 4 is 18.2 Å². The van der Waals surface area contributed by atoms with E-state index in [1.807, 2.05) is 60.7 Å². The van der Waals surface area contributed by atoms with E-state index in [0.717, 1.165) is 11.1 Å². The van der Waals surface area contributed by atoms with E-state index in [4.69, 9.17) is 14.2 Å². The minimum absolute atomic E-state index is 0.0525. The Labute approximate surface area is 193 Å². The SMILES string of the molecule is CC(C)(C)OC(=O)N[C@H]1CCOC(=O)[C@H]1N(Cc1ccccc1)C(=O)OCc1ccccc1. The minimum atomic E-state index is -1.06. The second-order valence-corrected chi connectivity index (χ2v) is 8.81. The predicted molar refractivity (Wildman–Crippen MR) is 121 cm³/mol. The standard InChI is InChI=1S/C25H30N2O6/c1-25(2,3)33-23(29)26-20-14-15-31-22(28)21(20)27(16-18-10-6-4-7-11-18)24(30)32-17-19-12-8-5-9-13-19/h4-13,20-21H,14-17H2,1-3H3,(H,26,29)/t20-,21-/m0/s1. The number of benzene rings is 2. The van der Waals surface area contributed by atoms with Gasteiger partial charge in [0, 0.05) is 6.42 Å². The van der Waals surface area contributed by atoms with E-state index in [0.29, 0.717) is 6.42 Å². The molecule has 8 heteroatoms. The van der Waals surface area contributed by atoms with Crippen LogP contribution < -0.4 is 5.32 Å². The fourth-order valence-electron chi connectivity index (χ4n) is 3.51. The highest BCUT2D eigenvalue weighted by atomic mass is 16.6. The number of amides is 2. The number of hydrogen-bond donors (Lipinski definition) is 1. The van der Waals surface area contributed by atoms with Crippen molar-refractivity contribution in [2.45, 2.75) is 58.0 Å². The monoisotopic (exact) mass is 454 g/mol. The number of carbonyl (C=O) groups excluding carboxylic acids is 3. The summed E-state index contributed by atoms with van der Waals surface area (Å²) in [5, 5.41) is 2.74. The molecule has 2 aromatic carbocycles. The lowest BCUT2D eigenvalue weighted by Gasteiger charge is -2.38. The number of alkyl carbamates (subject to hydrolysis) is 1. The number of ether oxygens (including phenoxy) is 3. The van der Waals surface area contributed by atoms with E-state index in [1.165, 1.54) is 4.90 Å². The zero-order valence-electron chi connectivity index (χ0n) is 19.2. The minimum Gasteiger partial charge on any atom is -0.464 e. The molecule has 0 unspecified atom stereocenters. The molecule has 0 aromatic heterocycles. The molecule has 0 aliphatic carbocycles. The Morgan fingerprint density at radius 2 is 1.64 bits per heavy atom. The smallest absolute Gasteiger partial charge is 0.411 e. The Hall–Kier alpha value is -3.55. The van der Waals surface area contributed by atoms with Gasteiger partial charge in [-0.2, -0.15) is 0 Å². The maximum absolute atomic E-state index is 13.2. The van der Waals surface area contributed by atoms with Crippen LogP contribution in [0.2, 0.25) is 0 Å². The van der Waals surface area contributed by atoms with Crippen LogP contribution in [0.25, 0.3) is 0 Å². The van der Waals surface area contributed by atoms with Crippen molar-refractivity contribution in [3.8, 4) is 0 Å². The van der Waals surface area contributed by atoms with Gasteiger partial charge in [0.1, 0.15) is 12.2 Å². The highest BCUT2D eigenvalue weighted by Gasteiger charge is 2.42. The number of rotatable bonds is 6. The van der Waals surface area contributed by atoms with Crippen LogP contribution in [0.3, 0.4) is 0 Å². The third kappa shape index (κ3) is 7.24. The summed E-state index contributed by atoms with van der Waals surface area (Å²) in [6.45, 7) is 5.55. The van der Waals surface area contributed by atoms with Crippen molar-refractivity contribution in [3.63, 3.8) is 0 Å². The molecule has 0 spiro atoms. The summed E-state index contributed by atoms with van der Waals surface area (Å²) in [6, 6.07) is 16.8. The molecule has 1 N–H and O–H groups in total. The first-order valence-electron chi connectivity index (χ1n) is 10.9. The maximum Gasteiger partial charge on any atom is 0.411 e. The fourth-order valence-corrected chi connectivity index (χ4v) is 3.51. The average molecular weight is 455 g/mol. The zero-order valence-corrected chi connectivity index (χ0v) is 19.2. The molecule has 1 aliphatic heterocycles. The molecule has 1 heterocycles. The second kappa shape index (κ2) is 10.8. The largest absolute Gasteiger partial charge is 0.464 e. The van der Waals surface area contributed by atoms with Crippen LogP contribution in [0.5, 0.6) is 0 Å². The summed E-state index contributed by atoms with van der Waals surface area (Å²) in [4.78, 5) is 39.7. The van der Waals surface area contributed by atoms with Gasteiger partial charge in [0.25, 0.3) is 0 Å². The summed E-state index contributed by atoms with van der Waals surface area (Å²) in [5.74, 6) is -0.602. The molecule has 176 valence electrons. The highest BCUT2D eigenvalue weighted by Crippen LogP contribution is 2.21. The molecule has 3 rings (SSSR count). The van der Waals surface area contributed by atoms with Crippen molar-refractivity contribution in [2.24, 2.45) is 0 Å². The topological polar surface area (TPSA) is 94.2 Å². The quantitative estimate of drug-likeness (QED) is 0.523. The van der Waals surface area contributed by atoms with Crippen LogP contribution in [0, 0.1) is 0 Å². The van der Waals surface area contributed by atoms with Gasteiger partial charge in [-0.15, -0.1) is 0 Å². The molecule has 1 aliphatic rings. The summed E-state index contributed by atoms with van der Waals surface area (Å²) in [5.41, 5.74) is 0.927. The molecule has 2 atom stereocenters. The Morgan fingerprint density at radius 3 is 2.24 bits per heavy atom. The fraction of sp³-hybridized carbons (Fsp3) is 0.400. The molecule has 2 amide bonds. The van der Waals surface area contributed by atoms with E-state index in [-0.39, 0.29) is 19.8 Å². The van der Waals surface area contributed by atoms with Gasteiger partial charge in [0.15, 0.2) is 6.04 Å². The zero-order chi connectivity index (χ0) is 23.8. The number of cyclic esters (lactones) is 1. The summed E-state index contributed by atoms with van der Waals surface area (Å²) < 4.78 is 16.1. The first kappa shape index (κ1) is 24.1. The summed E-state index contributed by atoms with van der Waals surface area (Å²) >= 11 is 0. The number of carbonyl (C=O) groups is 3. The maximum atomic E-state index is 13.2.